The number of hydrogen-bond acceptors (Lipinski definition) is 4. The van der Waals surface area contributed by atoms with Crippen LogP contribution in [0.15, 0.2) is 29.8 Å². The Balaban J connectivity index is 2.94. The summed E-state index contributed by atoms with van der Waals surface area (Å²) in [6.45, 7) is 3.64. The second-order valence-corrected chi connectivity index (χ2v) is 3.85. The molecule has 1 N–H and O–H groups in total. The lowest BCUT2D eigenvalue weighted by molar-refractivity contribution is -0.142. The van der Waals surface area contributed by atoms with Crippen LogP contribution >= 0.6 is 0 Å². The van der Waals surface area contributed by atoms with Gasteiger partial charge in [0.1, 0.15) is 17.4 Å². The number of carbonyl (C=O) groups is 1. The highest BCUT2D eigenvalue weighted by Gasteiger charge is 2.14. The first-order valence-corrected chi connectivity index (χ1v) is 5.69. The van der Waals surface area contributed by atoms with E-state index < -0.39 is 5.97 Å². The van der Waals surface area contributed by atoms with Gasteiger partial charge in [0.25, 0.3) is 0 Å². The molecule has 0 aliphatic heterocycles. The van der Waals surface area contributed by atoms with Crippen molar-refractivity contribution in [1.29, 1.82) is 5.26 Å². The van der Waals surface area contributed by atoms with Gasteiger partial charge in [0.05, 0.1) is 6.10 Å². The van der Waals surface area contributed by atoms with Crippen molar-refractivity contribution in [3.05, 3.63) is 35.4 Å². The van der Waals surface area contributed by atoms with Crippen LogP contribution in [-0.2, 0) is 9.53 Å². The average molecular weight is 245 g/mol. The zero-order chi connectivity index (χ0) is 13.5. The van der Waals surface area contributed by atoms with Crippen LogP contribution in [0.4, 0.5) is 0 Å². The molecule has 0 saturated carbocycles. The minimum Gasteiger partial charge on any atom is -0.507 e. The Morgan fingerprint density at radius 1 is 1.56 bits per heavy atom. The Kier molecular flexibility index (Phi) is 4.94. The number of esters is 1. The van der Waals surface area contributed by atoms with Gasteiger partial charge in [-0.05, 0) is 25.5 Å². The topological polar surface area (TPSA) is 70.3 Å². The molecule has 18 heavy (non-hydrogen) atoms. The minimum atomic E-state index is -0.671. The van der Waals surface area contributed by atoms with E-state index in [1.165, 1.54) is 12.1 Å². The quantitative estimate of drug-likeness (QED) is 0.503. The van der Waals surface area contributed by atoms with Crippen LogP contribution in [0.25, 0.3) is 6.08 Å². The molecule has 0 saturated heterocycles. The Labute approximate surface area is 106 Å². The van der Waals surface area contributed by atoms with Crippen LogP contribution in [0.3, 0.4) is 0 Å². The smallest absolute Gasteiger partial charge is 0.349 e. The summed E-state index contributed by atoms with van der Waals surface area (Å²) in [7, 11) is 0. The summed E-state index contributed by atoms with van der Waals surface area (Å²) < 4.78 is 5.05. The largest absolute Gasteiger partial charge is 0.507 e. The van der Waals surface area contributed by atoms with E-state index in [9.17, 15) is 9.90 Å². The molecule has 0 fully saturated rings. The maximum absolute atomic E-state index is 11.7. The first-order valence-electron chi connectivity index (χ1n) is 5.69. The number of para-hydroxylation sites is 1. The summed E-state index contributed by atoms with van der Waals surface area (Å²) >= 11 is 0. The molecule has 0 bridgehead atoms. The standard InChI is InChI=1S/C14H15NO3/c1-3-10(2)18-14(17)12(9-15)8-11-6-4-5-7-13(11)16/h4-8,10,16H,3H2,1-2H3. The van der Waals surface area contributed by atoms with Crippen molar-refractivity contribution in [2.24, 2.45) is 0 Å². The van der Waals surface area contributed by atoms with Gasteiger partial charge in [0, 0.05) is 5.56 Å². The summed E-state index contributed by atoms with van der Waals surface area (Å²) in [5, 5.41) is 18.5. The van der Waals surface area contributed by atoms with Gasteiger partial charge in [-0.3, -0.25) is 0 Å². The maximum Gasteiger partial charge on any atom is 0.349 e. The molecule has 1 aromatic rings. The minimum absolute atomic E-state index is 0.0154. The SMILES string of the molecule is CCC(C)OC(=O)C(C#N)=Cc1ccccc1O. The molecule has 0 aromatic heterocycles. The van der Waals surface area contributed by atoms with Crippen LogP contribution in [-0.4, -0.2) is 17.2 Å². The number of nitriles is 1. The first kappa shape index (κ1) is 13.8. The lowest BCUT2D eigenvalue weighted by Crippen LogP contribution is -2.15. The normalized spacial score (nSPS) is 12.6. The van der Waals surface area contributed by atoms with Crippen molar-refractivity contribution < 1.29 is 14.6 Å². The Hall–Kier alpha value is -2.28. The highest BCUT2D eigenvalue weighted by molar-refractivity contribution is 5.98. The molecule has 0 heterocycles. The van der Waals surface area contributed by atoms with Crippen molar-refractivity contribution in [3.8, 4) is 11.8 Å². The Morgan fingerprint density at radius 2 is 2.22 bits per heavy atom. The predicted molar refractivity (Wildman–Crippen MR) is 67.5 cm³/mol. The van der Waals surface area contributed by atoms with Crippen molar-refractivity contribution in [1.82, 2.24) is 0 Å². The van der Waals surface area contributed by atoms with Crippen LogP contribution in [0.5, 0.6) is 5.75 Å². The molecule has 1 aromatic carbocycles. The molecular formula is C14H15NO3. The van der Waals surface area contributed by atoms with E-state index in [4.69, 9.17) is 10.00 Å². The third kappa shape index (κ3) is 3.63. The lowest BCUT2D eigenvalue weighted by Gasteiger charge is -2.09. The Bertz CT molecular complexity index is 500. The molecule has 0 amide bonds. The average Bonchev–Trinajstić information content (AvgIpc) is 2.37. The highest BCUT2D eigenvalue weighted by Crippen LogP contribution is 2.19. The van der Waals surface area contributed by atoms with E-state index in [0.29, 0.717) is 12.0 Å². The van der Waals surface area contributed by atoms with Gasteiger partial charge in [-0.15, -0.1) is 0 Å². The molecule has 0 spiro atoms. The summed E-state index contributed by atoms with van der Waals surface area (Å²) in [6, 6.07) is 8.26. The van der Waals surface area contributed by atoms with Crippen molar-refractivity contribution in [3.63, 3.8) is 0 Å². The molecule has 1 rings (SSSR count). The van der Waals surface area contributed by atoms with Crippen LogP contribution < -0.4 is 0 Å². The van der Waals surface area contributed by atoms with Gasteiger partial charge in [0.2, 0.25) is 0 Å². The van der Waals surface area contributed by atoms with Crippen molar-refractivity contribution in [2.75, 3.05) is 0 Å². The summed E-state index contributed by atoms with van der Waals surface area (Å²) in [4.78, 5) is 11.7. The zero-order valence-corrected chi connectivity index (χ0v) is 10.4. The number of benzene rings is 1. The third-order valence-electron chi connectivity index (χ3n) is 2.46. The summed E-state index contributed by atoms with van der Waals surface area (Å²) in [5.41, 5.74) is 0.284. The fourth-order valence-corrected chi connectivity index (χ4v) is 1.23. The first-order chi connectivity index (χ1) is 8.58. The van der Waals surface area contributed by atoms with E-state index in [1.54, 1.807) is 31.2 Å². The van der Waals surface area contributed by atoms with Crippen LogP contribution in [0.1, 0.15) is 25.8 Å². The molecular weight excluding hydrogens is 230 g/mol. The molecule has 1 atom stereocenters. The molecule has 0 radical (unpaired) electrons. The molecule has 94 valence electrons. The van der Waals surface area contributed by atoms with Gasteiger partial charge >= 0.3 is 5.97 Å². The van der Waals surface area contributed by atoms with E-state index in [-0.39, 0.29) is 17.4 Å². The molecule has 4 heteroatoms. The lowest BCUT2D eigenvalue weighted by atomic mass is 10.1. The highest BCUT2D eigenvalue weighted by atomic mass is 16.5. The van der Waals surface area contributed by atoms with Gasteiger partial charge in [0.15, 0.2) is 0 Å². The number of aromatic hydroxyl groups is 1. The van der Waals surface area contributed by atoms with E-state index in [0.717, 1.165) is 0 Å². The number of phenolic OH excluding ortho intramolecular Hbond substituents is 1. The molecule has 1 unspecified atom stereocenters. The van der Waals surface area contributed by atoms with Gasteiger partial charge in [-0.25, -0.2) is 4.79 Å². The van der Waals surface area contributed by atoms with E-state index in [1.807, 2.05) is 6.92 Å². The molecule has 4 nitrogen and oxygen atoms in total. The summed E-state index contributed by atoms with van der Waals surface area (Å²) in [6.07, 6.45) is 1.76. The van der Waals surface area contributed by atoms with Crippen LogP contribution in [0, 0.1) is 11.3 Å². The van der Waals surface area contributed by atoms with Gasteiger partial charge < -0.3 is 9.84 Å². The second kappa shape index (κ2) is 6.45. The zero-order valence-electron chi connectivity index (χ0n) is 10.4. The molecule has 0 aliphatic rings. The molecule has 0 aliphatic carbocycles. The van der Waals surface area contributed by atoms with Crippen LogP contribution in [0.2, 0.25) is 0 Å². The monoisotopic (exact) mass is 245 g/mol. The Morgan fingerprint density at radius 3 is 2.78 bits per heavy atom. The fourth-order valence-electron chi connectivity index (χ4n) is 1.23. The van der Waals surface area contributed by atoms with Gasteiger partial charge in [-0.1, -0.05) is 25.1 Å². The van der Waals surface area contributed by atoms with Gasteiger partial charge in [-0.2, -0.15) is 5.26 Å². The number of ether oxygens (including phenoxy) is 1. The number of carbonyl (C=O) groups excluding carboxylic acids is 1. The van der Waals surface area contributed by atoms with Crippen molar-refractivity contribution >= 4 is 12.0 Å². The maximum atomic E-state index is 11.7. The number of hydrogen-bond donors (Lipinski definition) is 1. The number of phenols is 1. The second-order valence-electron chi connectivity index (χ2n) is 3.85. The predicted octanol–water partition coefficient (Wildman–Crippen LogP) is 2.64. The number of nitrogens with zero attached hydrogens (tertiary/aromatic N) is 1. The number of rotatable bonds is 4. The van der Waals surface area contributed by atoms with E-state index >= 15 is 0 Å². The van der Waals surface area contributed by atoms with Crippen molar-refractivity contribution in [2.45, 2.75) is 26.4 Å². The summed E-state index contributed by atoms with van der Waals surface area (Å²) in [5.74, 6) is -0.656. The fraction of sp³-hybridized carbons (Fsp3) is 0.286. The van der Waals surface area contributed by atoms with E-state index in [2.05, 4.69) is 0 Å². The third-order valence-corrected chi connectivity index (χ3v) is 2.46.